The van der Waals surface area contributed by atoms with Crippen LogP contribution in [0.1, 0.15) is 49.3 Å². The van der Waals surface area contributed by atoms with Crippen LogP contribution < -0.4 is 4.74 Å². The first kappa shape index (κ1) is 26.3. The van der Waals surface area contributed by atoms with Crippen LogP contribution in [0.5, 0.6) is 11.5 Å². The Morgan fingerprint density at radius 1 is 0.973 bits per heavy atom. The first-order valence-electron chi connectivity index (χ1n) is 12.6. The van der Waals surface area contributed by atoms with Crippen molar-refractivity contribution < 1.29 is 24.1 Å². The third-order valence-electron chi connectivity index (χ3n) is 6.33. The standard InChI is InChI=1S/C31H35NO5/c1-6-36-30(34)29-28(22-11-13-23(14-12-22)31(2,3)4)26-9-7-8-10-27(26)32(29)20-21-17-24(33)19-25(18-21)37-16-15-35-5/h7-14,17-19,33H,6,15-16,20H2,1-5H3. The second kappa shape index (κ2) is 11.1. The molecule has 0 saturated carbocycles. The van der Waals surface area contributed by atoms with E-state index in [2.05, 4.69) is 45.0 Å². The SMILES string of the molecule is CCOC(=O)c1c(-c2ccc(C(C)(C)C)cc2)c2ccccc2n1Cc1cc(O)cc(OCCOC)c1. The van der Waals surface area contributed by atoms with Crippen LogP contribution in [0.25, 0.3) is 22.0 Å². The summed E-state index contributed by atoms with van der Waals surface area (Å²) >= 11 is 0. The fraction of sp³-hybridized carbons (Fsp3) is 0.323. The molecule has 194 valence electrons. The number of nitrogens with zero attached hydrogens (tertiary/aromatic N) is 1. The number of carbonyl (C=O) groups is 1. The summed E-state index contributed by atoms with van der Waals surface area (Å²) in [5, 5.41) is 11.3. The Kier molecular flexibility index (Phi) is 7.89. The molecule has 37 heavy (non-hydrogen) atoms. The highest BCUT2D eigenvalue weighted by atomic mass is 16.5. The monoisotopic (exact) mass is 501 g/mol. The number of hydrogen-bond acceptors (Lipinski definition) is 5. The van der Waals surface area contributed by atoms with Crippen molar-refractivity contribution in [1.82, 2.24) is 4.57 Å². The van der Waals surface area contributed by atoms with Crippen LogP contribution in [-0.2, 0) is 21.4 Å². The summed E-state index contributed by atoms with van der Waals surface area (Å²) in [6.07, 6.45) is 0. The van der Waals surface area contributed by atoms with Gasteiger partial charge in [-0.15, -0.1) is 0 Å². The maximum atomic E-state index is 13.4. The zero-order chi connectivity index (χ0) is 26.6. The van der Waals surface area contributed by atoms with Gasteiger partial charge in [0.2, 0.25) is 0 Å². The van der Waals surface area contributed by atoms with Gasteiger partial charge in [0, 0.05) is 36.2 Å². The van der Waals surface area contributed by atoms with Gasteiger partial charge in [-0.3, -0.25) is 0 Å². The van der Waals surface area contributed by atoms with Crippen LogP contribution in [0, 0.1) is 0 Å². The lowest BCUT2D eigenvalue weighted by molar-refractivity contribution is 0.0516. The van der Waals surface area contributed by atoms with Gasteiger partial charge in [0.05, 0.1) is 13.2 Å². The molecule has 0 aliphatic rings. The molecule has 0 radical (unpaired) electrons. The van der Waals surface area contributed by atoms with Crippen LogP contribution in [0.3, 0.4) is 0 Å². The fourth-order valence-electron chi connectivity index (χ4n) is 4.55. The van der Waals surface area contributed by atoms with Gasteiger partial charge in [-0.2, -0.15) is 0 Å². The summed E-state index contributed by atoms with van der Waals surface area (Å²) in [4.78, 5) is 13.4. The molecule has 0 amide bonds. The lowest BCUT2D eigenvalue weighted by atomic mass is 9.86. The molecule has 0 fully saturated rings. The van der Waals surface area contributed by atoms with Crippen molar-refractivity contribution >= 4 is 16.9 Å². The minimum atomic E-state index is -0.384. The molecule has 0 aliphatic heterocycles. The van der Waals surface area contributed by atoms with Gasteiger partial charge in [-0.05, 0) is 47.2 Å². The van der Waals surface area contributed by atoms with E-state index in [4.69, 9.17) is 14.2 Å². The van der Waals surface area contributed by atoms with Crippen molar-refractivity contribution in [1.29, 1.82) is 0 Å². The zero-order valence-corrected chi connectivity index (χ0v) is 22.2. The van der Waals surface area contributed by atoms with E-state index in [1.165, 1.54) is 5.56 Å². The molecular formula is C31H35NO5. The minimum absolute atomic E-state index is 0.0227. The molecule has 1 heterocycles. The number of rotatable bonds is 9. The number of aromatic nitrogens is 1. The number of benzene rings is 3. The Balaban J connectivity index is 1.87. The highest BCUT2D eigenvalue weighted by molar-refractivity contribution is 6.08. The summed E-state index contributed by atoms with van der Waals surface area (Å²) in [6.45, 7) is 9.78. The van der Waals surface area contributed by atoms with Crippen molar-refractivity contribution in [2.75, 3.05) is 26.9 Å². The number of hydrogen-bond donors (Lipinski definition) is 1. The number of phenolic OH excluding ortho intramolecular Hbond substituents is 1. The van der Waals surface area contributed by atoms with Crippen molar-refractivity contribution in [2.45, 2.75) is 39.7 Å². The number of fused-ring (bicyclic) bond motifs is 1. The molecule has 6 nitrogen and oxygen atoms in total. The van der Waals surface area contributed by atoms with E-state index in [-0.39, 0.29) is 23.7 Å². The highest BCUT2D eigenvalue weighted by Crippen LogP contribution is 2.37. The number of para-hydroxylation sites is 1. The number of phenols is 1. The normalized spacial score (nSPS) is 11.6. The van der Waals surface area contributed by atoms with E-state index < -0.39 is 0 Å². The minimum Gasteiger partial charge on any atom is -0.508 e. The molecule has 0 atom stereocenters. The number of methoxy groups -OCH3 is 1. The lowest BCUT2D eigenvalue weighted by Crippen LogP contribution is -2.14. The van der Waals surface area contributed by atoms with Gasteiger partial charge >= 0.3 is 5.97 Å². The first-order chi connectivity index (χ1) is 17.7. The van der Waals surface area contributed by atoms with E-state index >= 15 is 0 Å². The fourth-order valence-corrected chi connectivity index (χ4v) is 4.55. The smallest absolute Gasteiger partial charge is 0.355 e. The average molecular weight is 502 g/mol. The summed E-state index contributed by atoms with van der Waals surface area (Å²) in [6, 6.07) is 21.5. The van der Waals surface area contributed by atoms with E-state index in [0.717, 1.165) is 27.6 Å². The van der Waals surface area contributed by atoms with Gasteiger partial charge in [-0.1, -0.05) is 63.2 Å². The summed E-state index contributed by atoms with van der Waals surface area (Å²) in [5.74, 6) is 0.251. The summed E-state index contributed by atoms with van der Waals surface area (Å²) in [7, 11) is 1.61. The zero-order valence-electron chi connectivity index (χ0n) is 22.2. The van der Waals surface area contributed by atoms with Crippen LogP contribution in [-0.4, -0.2) is 42.6 Å². The molecule has 0 bridgehead atoms. The van der Waals surface area contributed by atoms with Gasteiger partial charge < -0.3 is 23.9 Å². The number of esters is 1. The molecule has 6 heteroatoms. The van der Waals surface area contributed by atoms with E-state index in [1.807, 2.05) is 41.8 Å². The molecule has 0 aliphatic carbocycles. The van der Waals surface area contributed by atoms with Crippen LogP contribution >= 0.6 is 0 Å². The number of aromatic hydroxyl groups is 1. The first-order valence-corrected chi connectivity index (χ1v) is 12.6. The van der Waals surface area contributed by atoms with Crippen LogP contribution in [0.2, 0.25) is 0 Å². The van der Waals surface area contributed by atoms with Crippen LogP contribution in [0.15, 0.2) is 66.7 Å². The van der Waals surface area contributed by atoms with E-state index in [0.29, 0.717) is 31.2 Å². The molecule has 0 unspecified atom stereocenters. The Bertz CT molecular complexity index is 1380. The molecule has 1 N–H and O–H groups in total. The quantitative estimate of drug-likeness (QED) is 0.208. The molecule has 4 aromatic rings. The maximum Gasteiger partial charge on any atom is 0.355 e. The predicted molar refractivity (Wildman–Crippen MR) is 147 cm³/mol. The molecule has 3 aromatic carbocycles. The maximum absolute atomic E-state index is 13.4. The topological polar surface area (TPSA) is 69.9 Å². The molecule has 4 rings (SSSR count). The molecular weight excluding hydrogens is 466 g/mol. The van der Waals surface area contributed by atoms with Crippen molar-refractivity contribution in [3.05, 3.63) is 83.6 Å². The van der Waals surface area contributed by atoms with Gasteiger partial charge in [0.25, 0.3) is 0 Å². The van der Waals surface area contributed by atoms with Gasteiger partial charge in [0.1, 0.15) is 23.8 Å². The molecule has 1 aromatic heterocycles. The Hall–Kier alpha value is -3.77. The average Bonchev–Trinajstić information content (AvgIpc) is 3.18. The number of carbonyl (C=O) groups excluding carboxylic acids is 1. The lowest BCUT2D eigenvalue weighted by Gasteiger charge is -2.19. The largest absolute Gasteiger partial charge is 0.508 e. The van der Waals surface area contributed by atoms with Crippen molar-refractivity contribution in [3.8, 4) is 22.6 Å². The summed E-state index contributed by atoms with van der Waals surface area (Å²) in [5.41, 5.74) is 5.22. The second-order valence-corrected chi connectivity index (χ2v) is 10.1. The molecule has 0 spiro atoms. The third kappa shape index (κ3) is 5.81. The predicted octanol–water partition coefficient (Wildman–Crippen LogP) is 6.56. The number of ether oxygens (including phenoxy) is 3. The molecule has 0 saturated heterocycles. The Labute approximate surface area is 218 Å². The third-order valence-corrected chi connectivity index (χ3v) is 6.33. The van der Waals surface area contributed by atoms with Gasteiger partial charge in [0.15, 0.2) is 0 Å². The van der Waals surface area contributed by atoms with Crippen molar-refractivity contribution in [2.24, 2.45) is 0 Å². The van der Waals surface area contributed by atoms with Crippen molar-refractivity contribution in [3.63, 3.8) is 0 Å². The summed E-state index contributed by atoms with van der Waals surface area (Å²) < 4.78 is 18.3. The Morgan fingerprint density at radius 3 is 2.38 bits per heavy atom. The van der Waals surface area contributed by atoms with Gasteiger partial charge in [-0.25, -0.2) is 4.79 Å². The van der Waals surface area contributed by atoms with E-state index in [1.54, 1.807) is 19.2 Å². The van der Waals surface area contributed by atoms with Crippen LogP contribution in [0.4, 0.5) is 0 Å². The van der Waals surface area contributed by atoms with E-state index in [9.17, 15) is 9.90 Å². The highest BCUT2D eigenvalue weighted by Gasteiger charge is 2.25. The second-order valence-electron chi connectivity index (χ2n) is 10.1. The Morgan fingerprint density at radius 2 is 1.70 bits per heavy atom.